The van der Waals surface area contributed by atoms with Gasteiger partial charge in [-0.1, -0.05) is 0 Å². The van der Waals surface area contributed by atoms with Crippen LogP contribution in [0.1, 0.15) is 16.8 Å². The summed E-state index contributed by atoms with van der Waals surface area (Å²) in [5.74, 6) is -0.877. The fraction of sp³-hybridized carbons (Fsp3) is 0.417. The molecule has 0 aromatic heterocycles. The Bertz CT molecular complexity index is 415. The number of carboxylic acid groups (broad SMARTS) is 1. The quantitative estimate of drug-likeness (QED) is 0.816. The zero-order valence-electron chi connectivity index (χ0n) is 8.80. The van der Waals surface area contributed by atoms with E-state index in [1.807, 2.05) is 12.1 Å². The van der Waals surface area contributed by atoms with E-state index < -0.39 is 5.97 Å². The number of ether oxygens (including phenoxy) is 1. The molecule has 2 bridgehead atoms. The van der Waals surface area contributed by atoms with E-state index in [0.29, 0.717) is 17.7 Å². The van der Waals surface area contributed by atoms with Gasteiger partial charge in [0.1, 0.15) is 0 Å². The highest BCUT2D eigenvalue weighted by atomic mass is 16.5. The van der Waals surface area contributed by atoms with Crippen LogP contribution >= 0.6 is 0 Å². The standard InChI is InChI=1S/C12H13NO3/c14-12(15)8-1-3-9(4-2-8)13-6-11-5-10(13)7-16-11/h1-4,10-11H,5-7H2,(H,14,15)/t10-,11+/m0/s1. The second-order valence-electron chi connectivity index (χ2n) is 4.35. The van der Waals surface area contributed by atoms with Crippen LogP contribution in [0, 0.1) is 0 Å². The maximum Gasteiger partial charge on any atom is 0.335 e. The fourth-order valence-electron chi connectivity index (χ4n) is 2.51. The Kier molecular flexibility index (Phi) is 2.11. The number of carboxylic acids is 1. The SMILES string of the molecule is O=C(O)c1ccc(N2C[C@H]3C[C@H]2CO3)cc1. The van der Waals surface area contributed by atoms with E-state index in [1.54, 1.807) is 12.1 Å². The number of benzene rings is 1. The first-order valence-corrected chi connectivity index (χ1v) is 5.45. The van der Waals surface area contributed by atoms with Gasteiger partial charge in [0, 0.05) is 12.2 Å². The molecule has 2 heterocycles. The Labute approximate surface area is 93.4 Å². The first kappa shape index (κ1) is 9.66. The Hall–Kier alpha value is -1.55. The van der Waals surface area contributed by atoms with Crippen LogP contribution in [0.5, 0.6) is 0 Å². The molecule has 2 aliphatic heterocycles. The number of hydrogen-bond acceptors (Lipinski definition) is 3. The van der Waals surface area contributed by atoms with E-state index in [-0.39, 0.29) is 0 Å². The number of fused-ring (bicyclic) bond motifs is 2. The summed E-state index contributed by atoms with van der Waals surface area (Å²) in [6.07, 6.45) is 1.46. The van der Waals surface area contributed by atoms with Crippen molar-refractivity contribution in [1.29, 1.82) is 0 Å². The molecule has 0 saturated carbocycles. The summed E-state index contributed by atoms with van der Waals surface area (Å²) in [6, 6.07) is 7.55. The molecule has 3 rings (SSSR count). The molecule has 0 aliphatic carbocycles. The minimum absolute atomic E-state index is 0.337. The van der Waals surface area contributed by atoms with E-state index in [2.05, 4.69) is 4.90 Å². The molecule has 1 aromatic carbocycles. The number of anilines is 1. The lowest BCUT2D eigenvalue weighted by atomic mass is 10.2. The molecule has 0 radical (unpaired) electrons. The van der Waals surface area contributed by atoms with Crippen molar-refractivity contribution in [2.45, 2.75) is 18.6 Å². The number of hydrogen-bond donors (Lipinski definition) is 1. The lowest BCUT2D eigenvalue weighted by Gasteiger charge is -2.28. The molecule has 0 spiro atoms. The molecule has 84 valence electrons. The summed E-state index contributed by atoms with van der Waals surface area (Å²) >= 11 is 0. The molecule has 1 N–H and O–H groups in total. The van der Waals surface area contributed by atoms with E-state index >= 15 is 0 Å². The zero-order valence-corrected chi connectivity index (χ0v) is 8.80. The van der Waals surface area contributed by atoms with Gasteiger partial charge in [-0.25, -0.2) is 4.79 Å². The summed E-state index contributed by atoms with van der Waals surface area (Å²) in [5.41, 5.74) is 1.44. The molecule has 2 aliphatic rings. The van der Waals surface area contributed by atoms with Crippen LogP contribution in [0.3, 0.4) is 0 Å². The Morgan fingerprint density at radius 2 is 2.12 bits per heavy atom. The minimum Gasteiger partial charge on any atom is -0.478 e. The van der Waals surface area contributed by atoms with E-state index in [1.165, 1.54) is 0 Å². The monoisotopic (exact) mass is 219 g/mol. The molecule has 16 heavy (non-hydrogen) atoms. The van der Waals surface area contributed by atoms with Gasteiger partial charge in [0.05, 0.1) is 24.3 Å². The minimum atomic E-state index is -0.877. The highest BCUT2D eigenvalue weighted by molar-refractivity contribution is 5.88. The number of rotatable bonds is 2. The topological polar surface area (TPSA) is 49.8 Å². The van der Waals surface area contributed by atoms with Crippen LogP contribution < -0.4 is 4.90 Å². The Morgan fingerprint density at radius 1 is 1.38 bits per heavy atom. The molecule has 4 heteroatoms. The van der Waals surface area contributed by atoms with Crippen LogP contribution in [-0.4, -0.2) is 36.4 Å². The maximum absolute atomic E-state index is 10.7. The Morgan fingerprint density at radius 3 is 2.62 bits per heavy atom. The van der Waals surface area contributed by atoms with Crippen LogP contribution in [0.4, 0.5) is 5.69 Å². The van der Waals surface area contributed by atoms with Crippen LogP contribution in [0.2, 0.25) is 0 Å². The predicted molar refractivity (Wildman–Crippen MR) is 58.9 cm³/mol. The normalized spacial score (nSPS) is 27.4. The van der Waals surface area contributed by atoms with Crippen molar-refractivity contribution in [3.05, 3.63) is 29.8 Å². The molecular formula is C12H13NO3. The summed E-state index contributed by atoms with van der Waals surface area (Å²) in [5, 5.41) is 8.81. The molecular weight excluding hydrogens is 206 g/mol. The van der Waals surface area contributed by atoms with E-state index in [9.17, 15) is 4.79 Å². The molecule has 4 nitrogen and oxygen atoms in total. The third-order valence-corrected chi connectivity index (χ3v) is 3.35. The maximum atomic E-state index is 10.7. The van der Waals surface area contributed by atoms with Gasteiger partial charge in [0.15, 0.2) is 0 Å². The fourth-order valence-corrected chi connectivity index (χ4v) is 2.51. The lowest BCUT2D eigenvalue weighted by molar-refractivity contribution is 0.0697. The summed E-state index contributed by atoms with van der Waals surface area (Å²) in [6.45, 7) is 1.72. The smallest absolute Gasteiger partial charge is 0.335 e. The zero-order chi connectivity index (χ0) is 11.1. The highest BCUT2D eigenvalue weighted by Gasteiger charge is 2.38. The summed E-state index contributed by atoms with van der Waals surface area (Å²) < 4.78 is 5.53. The highest BCUT2D eigenvalue weighted by Crippen LogP contribution is 2.32. The average Bonchev–Trinajstić information content (AvgIpc) is 2.91. The van der Waals surface area contributed by atoms with Gasteiger partial charge < -0.3 is 14.7 Å². The van der Waals surface area contributed by atoms with Crippen molar-refractivity contribution in [2.75, 3.05) is 18.1 Å². The molecule has 1 aromatic rings. The van der Waals surface area contributed by atoms with Gasteiger partial charge in [-0.3, -0.25) is 0 Å². The molecule has 0 amide bonds. The number of aromatic carboxylic acids is 1. The number of morpholine rings is 1. The van der Waals surface area contributed by atoms with E-state index in [4.69, 9.17) is 9.84 Å². The van der Waals surface area contributed by atoms with Gasteiger partial charge in [-0.05, 0) is 30.7 Å². The van der Waals surface area contributed by atoms with Crippen LogP contribution in [0.15, 0.2) is 24.3 Å². The third-order valence-electron chi connectivity index (χ3n) is 3.35. The molecule has 2 fully saturated rings. The van der Waals surface area contributed by atoms with Crippen molar-refractivity contribution in [3.63, 3.8) is 0 Å². The largest absolute Gasteiger partial charge is 0.478 e. The summed E-state index contributed by atoms with van der Waals surface area (Å²) in [7, 11) is 0. The van der Waals surface area contributed by atoms with Crippen molar-refractivity contribution < 1.29 is 14.6 Å². The van der Waals surface area contributed by atoms with Gasteiger partial charge in [0.25, 0.3) is 0 Å². The lowest BCUT2D eigenvalue weighted by Crippen LogP contribution is -2.36. The van der Waals surface area contributed by atoms with Gasteiger partial charge in [-0.2, -0.15) is 0 Å². The Balaban J connectivity index is 1.82. The van der Waals surface area contributed by atoms with Crippen molar-refractivity contribution in [2.24, 2.45) is 0 Å². The molecule has 2 atom stereocenters. The van der Waals surface area contributed by atoms with Crippen molar-refractivity contribution in [3.8, 4) is 0 Å². The predicted octanol–water partition coefficient (Wildman–Crippen LogP) is 1.36. The van der Waals surface area contributed by atoms with Gasteiger partial charge in [-0.15, -0.1) is 0 Å². The summed E-state index contributed by atoms with van der Waals surface area (Å²) in [4.78, 5) is 13.0. The van der Waals surface area contributed by atoms with Crippen molar-refractivity contribution >= 4 is 11.7 Å². The second-order valence-corrected chi connectivity index (χ2v) is 4.35. The third kappa shape index (κ3) is 1.46. The first-order valence-electron chi connectivity index (χ1n) is 5.45. The number of carbonyl (C=O) groups is 1. The van der Waals surface area contributed by atoms with Gasteiger partial charge >= 0.3 is 5.97 Å². The van der Waals surface area contributed by atoms with E-state index in [0.717, 1.165) is 25.3 Å². The first-order chi connectivity index (χ1) is 7.74. The van der Waals surface area contributed by atoms with Crippen LogP contribution in [0.25, 0.3) is 0 Å². The molecule has 0 unspecified atom stereocenters. The van der Waals surface area contributed by atoms with Crippen LogP contribution in [-0.2, 0) is 4.74 Å². The average molecular weight is 219 g/mol. The van der Waals surface area contributed by atoms with Gasteiger partial charge in [0.2, 0.25) is 0 Å². The van der Waals surface area contributed by atoms with Crippen molar-refractivity contribution in [1.82, 2.24) is 0 Å². The second kappa shape index (κ2) is 3.49. The molecule has 2 saturated heterocycles. The number of nitrogens with zero attached hydrogens (tertiary/aromatic N) is 1.